The van der Waals surface area contributed by atoms with E-state index in [1.165, 1.54) is 0 Å². The molecule has 0 saturated carbocycles. The Kier molecular flexibility index (Phi) is 15.7. The molecule has 6 aromatic rings. The number of aryl methyl sites for hydroxylation is 4. The molecule has 63 heavy (non-hydrogen) atoms. The Morgan fingerprint density at radius 2 is 0.571 bits per heavy atom. The van der Waals surface area contributed by atoms with Gasteiger partial charge in [0.2, 0.25) is 0 Å². The van der Waals surface area contributed by atoms with Crippen LogP contribution >= 0.6 is 17.2 Å². The van der Waals surface area contributed by atoms with E-state index in [0.29, 0.717) is 11.5 Å². The first-order chi connectivity index (χ1) is 29.9. The van der Waals surface area contributed by atoms with Crippen LogP contribution in [0.2, 0.25) is 13.1 Å². The molecule has 0 bridgehead atoms. The molecule has 0 atom stereocenters. The number of hydrogen-bond acceptors (Lipinski definition) is 6. The Hall–Kier alpha value is -4.80. The minimum atomic E-state index is -2.65. The van der Waals surface area contributed by atoms with Gasteiger partial charge in [0.25, 0.3) is 0 Å². The van der Waals surface area contributed by atoms with Gasteiger partial charge in [-0.25, -0.2) is 0 Å². The molecule has 0 aliphatic heterocycles. The molecule has 0 unspecified atom stereocenters. The largest absolute Gasteiger partial charge is 0.530 e. The predicted molar refractivity (Wildman–Crippen MR) is 268 cm³/mol. The van der Waals surface area contributed by atoms with Gasteiger partial charge in [-0.05, 0) is 143 Å². The summed E-state index contributed by atoms with van der Waals surface area (Å²) in [5.74, 6) is 5.43. The average molecular weight is 901 g/mol. The molecular weight excluding hydrogens is 835 g/mol. The lowest BCUT2D eigenvalue weighted by molar-refractivity contribution is 0.383. The number of rotatable bonds is 18. The van der Waals surface area contributed by atoms with Crippen LogP contribution in [0.4, 0.5) is 0 Å². The van der Waals surface area contributed by atoms with Crippen LogP contribution in [-0.4, -0.2) is 8.07 Å². The normalized spacial score (nSPS) is 11.9. The highest BCUT2D eigenvalue weighted by atomic mass is 31.2. The van der Waals surface area contributed by atoms with Gasteiger partial charge in [-0.3, -0.25) is 0 Å². The third-order valence-corrected chi connectivity index (χ3v) is 16.9. The molecule has 0 radical (unpaired) electrons. The summed E-state index contributed by atoms with van der Waals surface area (Å²) in [6, 6.07) is 42.0. The molecule has 0 saturated heterocycles. The summed E-state index contributed by atoms with van der Waals surface area (Å²) >= 11 is 0. The van der Waals surface area contributed by atoms with E-state index in [0.717, 1.165) is 77.9 Å². The Labute approximate surface area is 381 Å². The van der Waals surface area contributed by atoms with Crippen molar-refractivity contribution in [1.82, 2.24) is 0 Å². The molecule has 0 fully saturated rings. The number of hydrogen-bond donors (Lipinski definition) is 0. The zero-order valence-corrected chi connectivity index (χ0v) is 42.5. The molecular formula is C54H66O6P2Si. The summed E-state index contributed by atoms with van der Waals surface area (Å²) in [6.45, 7) is 30.4. The first-order valence-electron chi connectivity index (χ1n) is 22.2. The predicted octanol–water partition coefficient (Wildman–Crippen LogP) is 15.8. The number of para-hydroxylation sites is 2. The Morgan fingerprint density at radius 1 is 0.333 bits per heavy atom. The fourth-order valence-corrected chi connectivity index (χ4v) is 12.8. The van der Waals surface area contributed by atoms with Crippen LogP contribution in [0.15, 0.2) is 121 Å². The van der Waals surface area contributed by atoms with E-state index in [-0.39, 0.29) is 23.7 Å². The summed E-state index contributed by atoms with van der Waals surface area (Å²) < 4.78 is 41.6. The van der Waals surface area contributed by atoms with Crippen LogP contribution in [0.1, 0.15) is 124 Å². The zero-order valence-electron chi connectivity index (χ0n) is 39.7. The van der Waals surface area contributed by atoms with Crippen molar-refractivity contribution < 1.29 is 27.1 Å². The standard InChI is InChI=1S/C54H66O6P2Si/c1-35(2)43-27-23-39(9)31-49(43)57-61(58-50-32-40(10)24-28-44(50)36(3)4)55-47-19-15-17-21-53(47)63(13,14)54-22-18-16-20-48(54)56-62(59-51-33-41(11)25-29-45(51)37(5)6)60-52-34-42(12)26-30-46(52)38(7)8/h15-38H,1-14H3. The van der Waals surface area contributed by atoms with Gasteiger partial charge in [0.05, 0.1) is 0 Å². The quantitative estimate of drug-likeness (QED) is 0.0633. The summed E-state index contributed by atoms with van der Waals surface area (Å²) in [6.07, 6.45) is 0. The summed E-state index contributed by atoms with van der Waals surface area (Å²) in [7, 11) is -6.60. The maximum atomic E-state index is 7.05. The molecule has 0 spiro atoms. The smallest absolute Gasteiger partial charge is 0.409 e. The zero-order chi connectivity index (χ0) is 45.6. The van der Waals surface area contributed by atoms with E-state index in [1.54, 1.807) is 0 Å². The molecule has 0 aliphatic rings. The lowest BCUT2D eigenvalue weighted by Crippen LogP contribution is -2.53. The van der Waals surface area contributed by atoms with Gasteiger partial charge in [0.15, 0.2) is 0 Å². The first-order valence-corrected chi connectivity index (χ1v) is 27.4. The average Bonchev–Trinajstić information content (AvgIpc) is 3.21. The summed E-state index contributed by atoms with van der Waals surface area (Å²) in [5, 5.41) is 2.16. The van der Waals surface area contributed by atoms with Crippen molar-refractivity contribution in [2.45, 2.75) is 120 Å². The molecule has 9 heteroatoms. The molecule has 6 rings (SSSR count). The van der Waals surface area contributed by atoms with Crippen molar-refractivity contribution in [3.63, 3.8) is 0 Å². The van der Waals surface area contributed by atoms with Crippen LogP contribution in [0.5, 0.6) is 34.5 Å². The Balaban J connectivity index is 1.42. The van der Waals surface area contributed by atoms with E-state index < -0.39 is 25.3 Å². The van der Waals surface area contributed by atoms with Crippen LogP contribution in [-0.2, 0) is 0 Å². The third-order valence-electron chi connectivity index (χ3n) is 11.3. The first kappa shape index (κ1) is 47.7. The van der Waals surface area contributed by atoms with Gasteiger partial charge in [-0.1, -0.05) is 153 Å². The SMILES string of the molecule is Cc1ccc(C(C)C)c(OP(Oc2cc(C)ccc2C(C)C)Oc2ccccc2[Si](C)(C)c2ccccc2OP(Oc2cc(C)ccc2C(C)C)Oc2cc(C)ccc2C(C)C)c1. The Bertz CT molecular complexity index is 2210. The minimum absolute atomic E-state index is 0.238. The van der Waals surface area contributed by atoms with Crippen LogP contribution in [0, 0.1) is 27.7 Å². The molecule has 332 valence electrons. The third kappa shape index (κ3) is 11.9. The van der Waals surface area contributed by atoms with E-state index >= 15 is 0 Å². The number of benzene rings is 6. The van der Waals surface area contributed by atoms with Crippen LogP contribution in [0.25, 0.3) is 0 Å². The second-order valence-electron chi connectivity index (χ2n) is 18.4. The fourth-order valence-electron chi connectivity index (χ4n) is 7.65. The minimum Gasteiger partial charge on any atom is -0.409 e. The van der Waals surface area contributed by atoms with Gasteiger partial charge < -0.3 is 27.1 Å². The molecule has 0 heterocycles. The van der Waals surface area contributed by atoms with Crippen molar-refractivity contribution in [3.8, 4) is 34.5 Å². The molecule has 6 nitrogen and oxygen atoms in total. The van der Waals surface area contributed by atoms with E-state index in [4.69, 9.17) is 27.1 Å². The lowest BCUT2D eigenvalue weighted by Gasteiger charge is -2.30. The molecule has 0 N–H and O–H groups in total. The van der Waals surface area contributed by atoms with E-state index in [1.807, 2.05) is 24.3 Å². The van der Waals surface area contributed by atoms with Crippen molar-refractivity contribution in [3.05, 3.63) is 166 Å². The highest BCUT2D eigenvalue weighted by Crippen LogP contribution is 2.48. The van der Waals surface area contributed by atoms with Crippen LogP contribution in [0.3, 0.4) is 0 Å². The van der Waals surface area contributed by atoms with Crippen LogP contribution < -0.4 is 37.5 Å². The second-order valence-corrected chi connectivity index (χ2v) is 24.7. The molecule has 0 amide bonds. The monoisotopic (exact) mass is 900 g/mol. The Morgan fingerprint density at radius 3 is 0.825 bits per heavy atom. The van der Waals surface area contributed by atoms with Crippen molar-refractivity contribution in [2.75, 3.05) is 0 Å². The van der Waals surface area contributed by atoms with Crippen molar-refractivity contribution in [2.24, 2.45) is 0 Å². The van der Waals surface area contributed by atoms with Gasteiger partial charge in [0, 0.05) is 0 Å². The van der Waals surface area contributed by atoms with Gasteiger partial charge >= 0.3 is 17.2 Å². The molecule has 0 aromatic heterocycles. The van der Waals surface area contributed by atoms with Gasteiger partial charge in [-0.2, -0.15) is 0 Å². The van der Waals surface area contributed by atoms with Gasteiger partial charge in [-0.15, -0.1) is 0 Å². The van der Waals surface area contributed by atoms with Gasteiger partial charge in [0.1, 0.15) is 42.6 Å². The molecule has 0 aliphatic carbocycles. The maximum absolute atomic E-state index is 7.05. The van der Waals surface area contributed by atoms with Crippen molar-refractivity contribution >= 4 is 35.7 Å². The fraction of sp³-hybridized carbons (Fsp3) is 0.333. The highest BCUT2D eigenvalue weighted by Gasteiger charge is 2.36. The summed E-state index contributed by atoms with van der Waals surface area (Å²) in [4.78, 5) is 0. The maximum Gasteiger partial charge on any atom is 0.530 e. The summed E-state index contributed by atoms with van der Waals surface area (Å²) in [5.41, 5.74) is 8.81. The lowest BCUT2D eigenvalue weighted by atomic mass is 10.0. The highest BCUT2D eigenvalue weighted by molar-refractivity contribution is 7.43. The molecule has 6 aromatic carbocycles. The van der Waals surface area contributed by atoms with E-state index in [2.05, 4.69) is 193 Å². The topological polar surface area (TPSA) is 55.4 Å². The van der Waals surface area contributed by atoms with E-state index in [9.17, 15) is 0 Å². The van der Waals surface area contributed by atoms with Crippen molar-refractivity contribution in [1.29, 1.82) is 0 Å². The second kappa shape index (κ2) is 20.8.